The number of piperazine rings is 1. The number of nitrogens with zero attached hydrogens (tertiary/aromatic N) is 1. The van der Waals surface area contributed by atoms with E-state index >= 15 is 0 Å². The topological polar surface area (TPSA) is 71.0 Å². The Morgan fingerprint density at radius 2 is 2.14 bits per heavy atom. The van der Waals surface area contributed by atoms with Crippen LogP contribution in [0.15, 0.2) is 18.2 Å². The molecular weight excluding hydrogens is 272 g/mol. The Bertz CT molecular complexity index is 534. The maximum absolute atomic E-state index is 11.4. The maximum atomic E-state index is 11.4. The Morgan fingerprint density at radius 3 is 2.90 bits per heavy atom. The van der Waals surface area contributed by atoms with Crippen LogP contribution >= 0.6 is 0 Å². The summed E-state index contributed by atoms with van der Waals surface area (Å²) in [7, 11) is 0. The van der Waals surface area contributed by atoms with Crippen LogP contribution in [0.25, 0.3) is 0 Å². The van der Waals surface area contributed by atoms with Gasteiger partial charge in [0.15, 0.2) is 11.5 Å². The van der Waals surface area contributed by atoms with Crippen molar-refractivity contribution in [1.82, 2.24) is 10.2 Å². The van der Waals surface area contributed by atoms with E-state index in [1.807, 2.05) is 30.0 Å². The number of carbonyl (C=O) groups is 1. The van der Waals surface area contributed by atoms with Crippen molar-refractivity contribution in [2.24, 2.45) is 0 Å². The molecule has 1 aromatic carbocycles. The third-order valence-corrected chi connectivity index (χ3v) is 4.12. The van der Waals surface area contributed by atoms with Crippen molar-refractivity contribution in [2.45, 2.75) is 19.0 Å². The zero-order chi connectivity index (χ0) is 14.8. The second kappa shape index (κ2) is 5.91. The molecule has 2 N–H and O–H groups in total. The summed E-state index contributed by atoms with van der Waals surface area (Å²) in [4.78, 5) is 13.4. The van der Waals surface area contributed by atoms with Crippen molar-refractivity contribution in [3.8, 4) is 11.5 Å². The normalized spacial score (nSPS) is 23.6. The number of hydrogen-bond donors (Lipinski definition) is 2. The largest absolute Gasteiger partial charge is 0.486 e. The van der Waals surface area contributed by atoms with Crippen LogP contribution in [0.4, 0.5) is 0 Å². The predicted octanol–water partition coefficient (Wildman–Crippen LogP) is 0.877. The van der Waals surface area contributed by atoms with Crippen molar-refractivity contribution in [3.05, 3.63) is 23.8 Å². The molecule has 0 aliphatic carbocycles. The molecule has 0 radical (unpaired) electrons. The highest BCUT2D eigenvalue weighted by Gasteiger charge is 2.32. The number of aliphatic carboxylic acids is 1. The molecule has 2 aliphatic rings. The molecule has 2 aliphatic heterocycles. The summed E-state index contributed by atoms with van der Waals surface area (Å²) in [6.45, 7) is 5.15. The van der Waals surface area contributed by atoms with Crippen LogP contribution in [0, 0.1) is 0 Å². The van der Waals surface area contributed by atoms with E-state index in [0.29, 0.717) is 26.3 Å². The summed E-state index contributed by atoms with van der Waals surface area (Å²) >= 11 is 0. The van der Waals surface area contributed by atoms with Crippen molar-refractivity contribution >= 4 is 5.97 Å². The first-order valence-corrected chi connectivity index (χ1v) is 7.25. The molecule has 3 rings (SSSR count). The zero-order valence-electron chi connectivity index (χ0n) is 12.0. The fourth-order valence-corrected chi connectivity index (χ4v) is 2.92. The van der Waals surface area contributed by atoms with E-state index in [2.05, 4.69) is 5.32 Å². The fourth-order valence-electron chi connectivity index (χ4n) is 2.92. The highest BCUT2D eigenvalue weighted by atomic mass is 16.6. The second-order valence-corrected chi connectivity index (χ2v) is 5.38. The Balaban J connectivity index is 1.83. The molecule has 2 unspecified atom stereocenters. The van der Waals surface area contributed by atoms with Gasteiger partial charge in [0.2, 0.25) is 0 Å². The van der Waals surface area contributed by atoms with Gasteiger partial charge in [0.1, 0.15) is 19.3 Å². The van der Waals surface area contributed by atoms with E-state index in [1.165, 1.54) is 0 Å². The van der Waals surface area contributed by atoms with Crippen LogP contribution < -0.4 is 14.8 Å². The minimum Gasteiger partial charge on any atom is -0.486 e. The van der Waals surface area contributed by atoms with E-state index in [0.717, 1.165) is 23.6 Å². The summed E-state index contributed by atoms with van der Waals surface area (Å²) < 4.78 is 11.1. The van der Waals surface area contributed by atoms with Crippen LogP contribution in [0.2, 0.25) is 0 Å². The van der Waals surface area contributed by atoms with Gasteiger partial charge in [0.05, 0.1) is 0 Å². The molecule has 2 heterocycles. The predicted molar refractivity (Wildman–Crippen MR) is 76.8 cm³/mol. The number of fused-ring (bicyclic) bond motifs is 1. The van der Waals surface area contributed by atoms with Gasteiger partial charge in [0.25, 0.3) is 0 Å². The maximum Gasteiger partial charge on any atom is 0.322 e. The first-order chi connectivity index (χ1) is 10.2. The number of nitrogens with one attached hydrogen (secondary N) is 1. The number of carboxylic acid groups (broad SMARTS) is 1. The SMILES string of the molecule is CC(c1ccc2c(c1)OCCO2)N1CCNCC1C(=O)O. The molecule has 6 nitrogen and oxygen atoms in total. The first-order valence-electron chi connectivity index (χ1n) is 7.25. The number of rotatable bonds is 3. The van der Waals surface area contributed by atoms with E-state index in [9.17, 15) is 9.90 Å². The smallest absolute Gasteiger partial charge is 0.322 e. The Morgan fingerprint density at radius 1 is 1.38 bits per heavy atom. The summed E-state index contributed by atoms with van der Waals surface area (Å²) in [5, 5.41) is 12.5. The zero-order valence-corrected chi connectivity index (χ0v) is 12.0. The van der Waals surface area contributed by atoms with E-state index in [4.69, 9.17) is 9.47 Å². The lowest BCUT2D eigenvalue weighted by Gasteiger charge is -2.38. The van der Waals surface area contributed by atoms with Crippen LogP contribution in [0.5, 0.6) is 11.5 Å². The third kappa shape index (κ3) is 2.82. The molecule has 0 saturated carbocycles. The highest BCUT2D eigenvalue weighted by molar-refractivity contribution is 5.74. The van der Waals surface area contributed by atoms with Gasteiger partial charge < -0.3 is 19.9 Å². The minimum absolute atomic E-state index is 0.0176. The van der Waals surface area contributed by atoms with Crippen LogP contribution in [0.1, 0.15) is 18.5 Å². The van der Waals surface area contributed by atoms with Gasteiger partial charge in [-0.25, -0.2) is 0 Å². The van der Waals surface area contributed by atoms with Gasteiger partial charge >= 0.3 is 5.97 Å². The lowest BCUT2D eigenvalue weighted by molar-refractivity contribution is -0.145. The van der Waals surface area contributed by atoms with Gasteiger partial charge in [-0.05, 0) is 24.6 Å². The third-order valence-electron chi connectivity index (χ3n) is 4.12. The average molecular weight is 292 g/mol. The Hall–Kier alpha value is -1.79. The number of hydrogen-bond acceptors (Lipinski definition) is 5. The minimum atomic E-state index is -0.786. The lowest BCUT2D eigenvalue weighted by atomic mass is 10.0. The van der Waals surface area contributed by atoms with E-state index < -0.39 is 12.0 Å². The van der Waals surface area contributed by atoms with Gasteiger partial charge in [0, 0.05) is 25.7 Å². The van der Waals surface area contributed by atoms with Crippen LogP contribution in [-0.2, 0) is 4.79 Å². The van der Waals surface area contributed by atoms with Crippen LogP contribution in [-0.4, -0.2) is 54.9 Å². The summed E-state index contributed by atoms with van der Waals surface area (Å²) in [5.74, 6) is 0.714. The summed E-state index contributed by atoms with van der Waals surface area (Å²) in [5.41, 5.74) is 1.05. The molecule has 2 atom stereocenters. The number of benzene rings is 1. The standard InChI is InChI=1S/C15H20N2O4/c1-10(17-5-4-16-9-12(17)15(18)19)11-2-3-13-14(8-11)21-7-6-20-13/h2-3,8,10,12,16H,4-7,9H2,1H3,(H,18,19). The van der Waals surface area contributed by atoms with E-state index in [1.54, 1.807) is 0 Å². The van der Waals surface area contributed by atoms with Gasteiger partial charge in [-0.2, -0.15) is 0 Å². The molecule has 6 heteroatoms. The van der Waals surface area contributed by atoms with E-state index in [-0.39, 0.29) is 6.04 Å². The molecule has 21 heavy (non-hydrogen) atoms. The molecule has 0 aromatic heterocycles. The molecular formula is C15H20N2O4. The monoisotopic (exact) mass is 292 g/mol. The highest BCUT2D eigenvalue weighted by Crippen LogP contribution is 2.34. The van der Waals surface area contributed by atoms with Crippen LogP contribution in [0.3, 0.4) is 0 Å². The van der Waals surface area contributed by atoms with Gasteiger partial charge in [-0.3, -0.25) is 9.69 Å². The Labute approximate surface area is 123 Å². The van der Waals surface area contributed by atoms with Gasteiger partial charge in [-0.15, -0.1) is 0 Å². The molecule has 0 bridgehead atoms. The molecule has 1 saturated heterocycles. The second-order valence-electron chi connectivity index (χ2n) is 5.38. The van der Waals surface area contributed by atoms with Crippen molar-refractivity contribution in [3.63, 3.8) is 0 Å². The molecule has 0 amide bonds. The van der Waals surface area contributed by atoms with Gasteiger partial charge in [-0.1, -0.05) is 6.07 Å². The molecule has 114 valence electrons. The lowest BCUT2D eigenvalue weighted by Crippen LogP contribution is -2.55. The number of carboxylic acids is 1. The Kier molecular flexibility index (Phi) is 3.98. The molecule has 1 fully saturated rings. The molecule has 0 spiro atoms. The molecule has 1 aromatic rings. The van der Waals surface area contributed by atoms with Crippen molar-refractivity contribution in [1.29, 1.82) is 0 Å². The summed E-state index contributed by atoms with van der Waals surface area (Å²) in [6.07, 6.45) is 0. The van der Waals surface area contributed by atoms with Crippen molar-refractivity contribution < 1.29 is 19.4 Å². The van der Waals surface area contributed by atoms with Crippen molar-refractivity contribution in [2.75, 3.05) is 32.8 Å². The number of ether oxygens (including phenoxy) is 2. The average Bonchev–Trinajstić information content (AvgIpc) is 2.53. The fraction of sp³-hybridized carbons (Fsp3) is 0.533. The first kappa shape index (κ1) is 14.2. The quantitative estimate of drug-likeness (QED) is 0.861. The summed E-state index contributed by atoms with van der Waals surface area (Å²) in [6, 6.07) is 5.36.